The van der Waals surface area contributed by atoms with Crippen molar-refractivity contribution in [3.05, 3.63) is 53.1 Å². The highest BCUT2D eigenvalue weighted by Gasteiger charge is 2.21. The van der Waals surface area contributed by atoms with Crippen LogP contribution >= 0.6 is 0 Å². The van der Waals surface area contributed by atoms with Crippen LogP contribution in [0.4, 0.5) is 4.39 Å². The molecule has 1 atom stereocenters. The molecule has 4 heteroatoms. The number of nitrogens with two attached hydrogens (primary N) is 1. The van der Waals surface area contributed by atoms with E-state index in [1.807, 2.05) is 25.6 Å². The summed E-state index contributed by atoms with van der Waals surface area (Å²) in [6.07, 6.45) is 1.44. The Hall–Kier alpha value is -1.68. The first kappa shape index (κ1) is 13.7. The van der Waals surface area contributed by atoms with Gasteiger partial charge in [-0.15, -0.1) is 0 Å². The maximum absolute atomic E-state index is 12.9. The summed E-state index contributed by atoms with van der Waals surface area (Å²) < 4.78 is 14.7. The largest absolute Gasteiger partial charge is 0.325 e. The normalized spacial score (nSPS) is 14.4. The van der Waals surface area contributed by atoms with Crippen molar-refractivity contribution >= 4 is 0 Å². The van der Waals surface area contributed by atoms with Crippen molar-refractivity contribution in [1.82, 2.24) is 9.78 Å². The summed E-state index contributed by atoms with van der Waals surface area (Å²) in [6, 6.07) is 8.57. The molecule has 0 amide bonds. The average Bonchev–Trinajstić information content (AvgIpc) is 2.59. The molecule has 0 bridgehead atoms. The third-order valence-electron chi connectivity index (χ3n) is 3.21. The van der Waals surface area contributed by atoms with Gasteiger partial charge in [-0.3, -0.25) is 4.68 Å². The number of hydrogen-bond donors (Lipinski definition) is 1. The van der Waals surface area contributed by atoms with Gasteiger partial charge in [-0.05, 0) is 44.0 Å². The highest BCUT2D eigenvalue weighted by molar-refractivity contribution is 5.20. The van der Waals surface area contributed by atoms with Gasteiger partial charge < -0.3 is 5.73 Å². The number of nitrogens with zero attached hydrogens (tertiary/aromatic N) is 2. The molecule has 2 aromatic rings. The maximum atomic E-state index is 12.9. The number of aryl methyl sites for hydroxylation is 2. The molecular weight excluding hydrogens is 241 g/mol. The van der Waals surface area contributed by atoms with Crippen LogP contribution in [0.5, 0.6) is 0 Å². The molecule has 0 spiro atoms. The van der Waals surface area contributed by atoms with Gasteiger partial charge in [0.25, 0.3) is 0 Å². The van der Waals surface area contributed by atoms with Gasteiger partial charge in [-0.2, -0.15) is 5.10 Å². The van der Waals surface area contributed by atoms with E-state index in [9.17, 15) is 4.39 Å². The minimum Gasteiger partial charge on any atom is -0.325 e. The molecule has 102 valence electrons. The molecule has 3 nitrogen and oxygen atoms in total. The van der Waals surface area contributed by atoms with E-state index in [0.29, 0.717) is 6.42 Å². The summed E-state index contributed by atoms with van der Waals surface area (Å²) in [4.78, 5) is 0. The minimum absolute atomic E-state index is 0.218. The Morgan fingerprint density at radius 3 is 2.42 bits per heavy atom. The van der Waals surface area contributed by atoms with E-state index in [4.69, 9.17) is 5.73 Å². The Bertz CT molecular complexity index is 555. The second-order valence-corrected chi connectivity index (χ2v) is 5.53. The van der Waals surface area contributed by atoms with Gasteiger partial charge in [0.1, 0.15) is 5.82 Å². The van der Waals surface area contributed by atoms with Crippen LogP contribution in [-0.2, 0) is 19.9 Å². The molecule has 0 radical (unpaired) electrons. The van der Waals surface area contributed by atoms with Gasteiger partial charge in [0.15, 0.2) is 0 Å². The van der Waals surface area contributed by atoms with Crippen molar-refractivity contribution in [2.75, 3.05) is 0 Å². The van der Waals surface area contributed by atoms with E-state index in [-0.39, 0.29) is 11.4 Å². The number of aromatic nitrogens is 2. The number of hydrogen-bond acceptors (Lipinski definition) is 2. The highest BCUT2D eigenvalue weighted by atomic mass is 19.1. The molecule has 0 saturated carbocycles. The van der Waals surface area contributed by atoms with Crippen molar-refractivity contribution in [2.24, 2.45) is 12.8 Å². The molecule has 19 heavy (non-hydrogen) atoms. The summed E-state index contributed by atoms with van der Waals surface area (Å²) in [5.74, 6) is -0.218. The molecule has 1 aromatic carbocycles. The third-order valence-corrected chi connectivity index (χ3v) is 3.21. The molecule has 0 fully saturated rings. The van der Waals surface area contributed by atoms with Gasteiger partial charge in [0.05, 0.1) is 5.69 Å². The van der Waals surface area contributed by atoms with Crippen LogP contribution in [0, 0.1) is 12.7 Å². The van der Waals surface area contributed by atoms with Gasteiger partial charge in [-0.1, -0.05) is 12.1 Å². The van der Waals surface area contributed by atoms with Crippen molar-refractivity contribution in [3.8, 4) is 0 Å². The first-order valence-corrected chi connectivity index (χ1v) is 6.39. The van der Waals surface area contributed by atoms with E-state index in [1.54, 1.807) is 12.1 Å². The summed E-state index contributed by atoms with van der Waals surface area (Å²) >= 11 is 0. The fourth-order valence-corrected chi connectivity index (χ4v) is 2.37. The summed E-state index contributed by atoms with van der Waals surface area (Å²) in [5, 5.41) is 4.33. The maximum Gasteiger partial charge on any atom is 0.123 e. The fourth-order valence-electron chi connectivity index (χ4n) is 2.37. The second-order valence-electron chi connectivity index (χ2n) is 5.53. The molecular formula is C15H20FN3. The highest BCUT2D eigenvalue weighted by Crippen LogP contribution is 2.17. The first-order valence-electron chi connectivity index (χ1n) is 6.39. The molecule has 0 aliphatic carbocycles. The van der Waals surface area contributed by atoms with Crippen LogP contribution in [0.3, 0.4) is 0 Å². The quantitative estimate of drug-likeness (QED) is 0.918. The van der Waals surface area contributed by atoms with Crippen molar-refractivity contribution < 1.29 is 4.39 Å². The lowest BCUT2D eigenvalue weighted by molar-refractivity contribution is 0.447. The monoisotopic (exact) mass is 261 g/mol. The molecule has 1 heterocycles. The van der Waals surface area contributed by atoms with Crippen LogP contribution in [0.25, 0.3) is 0 Å². The van der Waals surface area contributed by atoms with E-state index < -0.39 is 0 Å². The Kier molecular flexibility index (Phi) is 3.71. The summed E-state index contributed by atoms with van der Waals surface area (Å²) in [5.41, 5.74) is 9.14. The zero-order valence-electron chi connectivity index (χ0n) is 11.7. The average molecular weight is 261 g/mol. The van der Waals surface area contributed by atoms with Crippen LogP contribution in [0.1, 0.15) is 23.9 Å². The molecule has 0 aliphatic heterocycles. The van der Waals surface area contributed by atoms with E-state index >= 15 is 0 Å². The predicted octanol–water partition coefficient (Wildman–Crippen LogP) is 2.37. The van der Waals surface area contributed by atoms with E-state index in [0.717, 1.165) is 23.4 Å². The Morgan fingerprint density at radius 1 is 1.26 bits per heavy atom. The SMILES string of the molecule is Cc1cc(CC(C)(N)Cc2ccc(F)cc2)n(C)n1. The third kappa shape index (κ3) is 3.64. The standard InChI is InChI=1S/C15H20FN3/c1-11-8-14(19(3)18-11)10-15(2,17)9-12-4-6-13(16)7-5-12/h4-8H,9-10,17H2,1-3H3. The Balaban J connectivity index is 2.10. The van der Waals surface area contributed by atoms with E-state index in [1.165, 1.54) is 12.1 Å². The second kappa shape index (κ2) is 5.13. The Morgan fingerprint density at radius 2 is 1.89 bits per heavy atom. The lowest BCUT2D eigenvalue weighted by Crippen LogP contribution is -2.41. The summed E-state index contributed by atoms with van der Waals surface area (Å²) in [6.45, 7) is 3.98. The topological polar surface area (TPSA) is 43.8 Å². The molecule has 1 unspecified atom stereocenters. The zero-order valence-corrected chi connectivity index (χ0v) is 11.7. The zero-order chi connectivity index (χ0) is 14.0. The van der Waals surface area contributed by atoms with Crippen molar-refractivity contribution in [2.45, 2.75) is 32.2 Å². The molecule has 0 saturated heterocycles. The number of benzene rings is 1. The van der Waals surface area contributed by atoms with Crippen LogP contribution < -0.4 is 5.73 Å². The summed E-state index contributed by atoms with van der Waals surface area (Å²) in [7, 11) is 1.93. The lowest BCUT2D eigenvalue weighted by atomic mass is 9.89. The van der Waals surface area contributed by atoms with Crippen LogP contribution in [0.15, 0.2) is 30.3 Å². The van der Waals surface area contributed by atoms with Crippen molar-refractivity contribution in [1.29, 1.82) is 0 Å². The Labute approximate surface area is 113 Å². The first-order chi connectivity index (χ1) is 8.85. The fraction of sp³-hybridized carbons (Fsp3) is 0.400. The van der Waals surface area contributed by atoms with Gasteiger partial charge in [-0.25, -0.2) is 4.39 Å². The van der Waals surface area contributed by atoms with Crippen LogP contribution in [-0.4, -0.2) is 15.3 Å². The molecule has 2 N–H and O–H groups in total. The van der Waals surface area contributed by atoms with Crippen LogP contribution in [0.2, 0.25) is 0 Å². The van der Waals surface area contributed by atoms with Crippen molar-refractivity contribution in [3.63, 3.8) is 0 Å². The molecule has 1 aromatic heterocycles. The molecule has 2 rings (SSSR count). The van der Waals surface area contributed by atoms with E-state index in [2.05, 4.69) is 11.2 Å². The number of rotatable bonds is 4. The van der Waals surface area contributed by atoms with Gasteiger partial charge >= 0.3 is 0 Å². The lowest BCUT2D eigenvalue weighted by Gasteiger charge is -2.24. The minimum atomic E-state index is -0.377. The van der Waals surface area contributed by atoms with Gasteiger partial charge in [0, 0.05) is 24.7 Å². The van der Waals surface area contributed by atoms with Gasteiger partial charge in [0.2, 0.25) is 0 Å². The predicted molar refractivity (Wildman–Crippen MR) is 74.3 cm³/mol. The number of halogens is 1. The smallest absolute Gasteiger partial charge is 0.123 e. The molecule has 0 aliphatic rings.